The van der Waals surface area contributed by atoms with Crippen molar-refractivity contribution in [1.82, 2.24) is 20.1 Å². The summed E-state index contributed by atoms with van der Waals surface area (Å²) in [5.41, 5.74) is 6.84. The average molecular weight is 548 g/mol. The number of piperazine rings is 1. The largest absolute Gasteiger partial charge is 0.369 e. The fraction of sp³-hybridized carbons (Fsp3) is 0.500. The van der Waals surface area contributed by atoms with Crippen LogP contribution in [0.25, 0.3) is 0 Å². The number of guanidine groups is 1. The molecule has 8 nitrogen and oxygen atoms in total. The van der Waals surface area contributed by atoms with E-state index in [9.17, 15) is 4.39 Å². The van der Waals surface area contributed by atoms with Crippen LogP contribution in [-0.2, 0) is 6.54 Å². The van der Waals surface area contributed by atoms with E-state index in [0.717, 1.165) is 64.2 Å². The molecule has 2 aliphatic rings. The van der Waals surface area contributed by atoms with Gasteiger partial charge in [0.25, 0.3) is 0 Å². The third-order valence-corrected chi connectivity index (χ3v) is 7.64. The van der Waals surface area contributed by atoms with E-state index in [2.05, 4.69) is 36.9 Å². The van der Waals surface area contributed by atoms with Crippen molar-refractivity contribution < 1.29 is 4.39 Å². The lowest BCUT2D eigenvalue weighted by Gasteiger charge is -2.48. The quantitative estimate of drug-likeness (QED) is 0.228. The number of rotatable bonds is 7. The first-order valence-corrected chi connectivity index (χ1v) is 13.4. The Kier molecular flexibility index (Phi) is 9.43. The number of hydrogen-bond donors (Lipinski definition) is 2. The van der Waals surface area contributed by atoms with Gasteiger partial charge in [-0.15, -0.1) is 0 Å². The lowest BCUT2D eigenvalue weighted by Crippen LogP contribution is -2.58. The number of likely N-dealkylation sites (tertiary alicyclic amines) is 1. The molecule has 1 atom stereocenters. The molecule has 1 aromatic carbocycles. The molecular weight excluding hydrogens is 514 g/mol. The Balaban J connectivity index is 1.37. The number of aliphatic imine (C=N–C) groups is 1. The van der Waals surface area contributed by atoms with E-state index in [-0.39, 0.29) is 11.8 Å². The van der Waals surface area contributed by atoms with Gasteiger partial charge in [-0.1, -0.05) is 42.6 Å². The number of hydrogen-bond acceptors (Lipinski definition) is 6. The van der Waals surface area contributed by atoms with Crippen LogP contribution in [-0.4, -0.2) is 65.6 Å². The molecule has 2 fully saturated rings. The normalized spacial score (nSPS) is 20.1. The van der Waals surface area contributed by atoms with Gasteiger partial charge in [-0.05, 0) is 50.6 Å². The lowest BCUT2D eigenvalue weighted by atomic mass is 9.97. The van der Waals surface area contributed by atoms with Crippen LogP contribution in [0.2, 0.25) is 10.0 Å². The number of aromatic nitrogens is 1. The monoisotopic (exact) mass is 546 g/mol. The summed E-state index contributed by atoms with van der Waals surface area (Å²) in [6, 6.07) is 7.58. The molecule has 37 heavy (non-hydrogen) atoms. The van der Waals surface area contributed by atoms with Crippen molar-refractivity contribution in [3.8, 4) is 6.19 Å². The minimum Gasteiger partial charge on any atom is -0.369 e. The SMILES string of the molecule is CCC[C@H]1CN(c2ncc(N=C(N)NC#N)cc2Cl)CCN1C1CCN(Cc2ccc(Cl)cc2F)CC1. The van der Waals surface area contributed by atoms with Crippen molar-refractivity contribution in [3.05, 3.63) is 51.9 Å². The van der Waals surface area contributed by atoms with E-state index in [1.54, 1.807) is 30.6 Å². The Hall–Kier alpha value is -2.64. The summed E-state index contributed by atoms with van der Waals surface area (Å²) in [5.74, 6) is 0.505. The number of nitrogens with zero attached hydrogens (tertiary/aromatic N) is 6. The highest BCUT2D eigenvalue weighted by Gasteiger charge is 2.34. The maximum absolute atomic E-state index is 14.3. The van der Waals surface area contributed by atoms with E-state index in [0.29, 0.717) is 39.9 Å². The highest BCUT2D eigenvalue weighted by molar-refractivity contribution is 6.33. The molecule has 0 aliphatic carbocycles. The summed E-state index contributed by atoms with van der Waals surface area (Å²) in [5, 5.41) is 11.9. The zero-order chi connectivity index (χ0) is 26.4. The van der Waals surface area contributed by atoms with Crippen molar-refractivity contribution in [2.75, 3.05) is 37.6 Å². The van der Waals surface area contributed by atoms with Crippen LogP contribution in [0.5, 0.6) is 0 Å². The summed E-state index contributed by atoms with van der Waals surface area (Å²) in [4.78, 5) is 15.9. The first kappa shape index (κ1) is 27.4. The summed E-state index contributed by atoms with van der Waals surface area (Å²) in [6.45, 7) is 7.37. The van der Waals surface area contributed by atoms with Gasteiger partial charge in [0, 0.05) is 48.8 Å². The number of piperidine rings is 1. The van der Waals surface area contributed by atoms with Crippen LogP contribution < -0.4 is 16.0 Å². The van der Waals surface area contributed by atoms with Crippen LogP contribution in [0.1, 0.15) is 38.2 Å². The van der Waals surface area contributed by atoms with Gasteiger partial charge < -0.3 is 10.6 Å². The van der Waals surface area contributed by atoms with Crippen molar-refractivity contribution in [3.63, 3.8) is 0 Å². The Morgan fingerprint density at radius 1 is 1.24 bits per heavy atom. The molecule has 0 spiro atoms. The third kappa shape index (κ3) is 7.02. The fourth-order valence-corrected chi connectivity index (χ4v) is 5.81. The maximum Gasteiger partial charge on any atom is 0.207 e. The maximum atomic E-state index is 14.3. The van der Waals surface area contributed by atoms with Crippen LogP contribution in [0, 0.1) is 17.3 Å². The van der Waals surface area contributed by atoms with Crippen molar-refractivity contribution in [2.24, 2.45) is 10.7 Å². The summed E-state index contributed by atoms with van der Waals surface area (Å²) in [7, 11) is 0. The number of nitrogens with two attached hydrogens (primary N) is 1. The minimum absolute atomic E-state index is 0.00547. The number of benzene rings is 1. The molecule has 0 bridgehead atoms. The molecule has 0 radical (unpaired) electrons. The van der Waals surface area contributed by atoms with Gasteiger partial charge >= 0.3 is 0 Å². The second kappa shape index (κ2) is 12.7. The Labute approximate surface area is 227 Å². The van der Waals surface area contributed by atoms with E-state index in [4.69, 9.17) is 34.2 Å². The Morgan fingerprint density at radius 3 is 2.70 bits per heavy atom. The second-order valence-corrected chi connectivity index (χ2v) is 10.4. The molecule has 0 unspecified atom stereocenters. The van der Waals surface area contributed by atoms with Gasteiger partial charge in [0.2, 0.25) is 5.96 Å². The van der Waals surface area contributed by atoms with E-state index in [1.807, 2.05) is 0 Å². The molecule has 11 heteroatoms. The zero-order valence-corrected chi connectivity index (χ0v) is 22.5. The summed E-state index contributed by atoms with van der Waals surface area (Å²) in [6.07, 6.45) is 7.69. The fourth-order valence-electron chi connectivity index (χ4n) is 5.37. The molecule has 2 saturated heterocycles. The smallest absolute Gasteiger partial charge is 0.207 e. The van der Waals surface area contributed by atoms with Crippen LogP contribution in [0.3, 0.4) is 0 Å². The molecule has 4 rings (SSSR count). The van der Waals surface area contributed by atoms with Crippen molar-refractivity contribution in [1.29, 1.82) is 5.26 Å². The summed E-state index contributed by atoms with van der Waals surface area (Å²) >= 11 is 12.5. The zero-order valence-electron chi connectivity index (χ0n) is 21.0. The molecule has 3 N–H and O–H groups in total. The number of nitrogens with one attached hydrogen (secondary N) is 1. The van der Waals surface area contributed by atoms with E-state index in [1.165, 1.54) is 6.07 Å². The highest BCUT2D eigenvalue weighted by Crippen LogP contribution is 2.31. The predicted molar refractivity (Wildman–Crippen MR) is 147 cm³/mol. The molecular formula is C26H33Cl2FN8. The number of halogens is 3. The molecule has 1 aromatic heterocycles. The Bertz CT molecular complexity index is 1150. The summed E-state index contributed by atoms with van der Waals surface area (Å²) < 4.78 is 14.3. The Morgan fingerprint density at radius 2 is 2.03 bits per heavy atom. The van der Waals surface area contributed by atoms with Crippen LogP contribution in [0.4, 0.5) is 15.9 Å². The van der Waals surface area contributed by atoms with Crippen molar-refractivity contribution >= 4 is 40.7 Å². The molecule has 3 heterocycles. The first-order valence-electron chi connectivity index (χ1n) is 12.7. The molecule has 0 amide bonds. The van der Waals surface area contributed by atoms with Crippen LogP contribution >= 0.6 is 23.2 Å². The number of nitriles is 1. The van der Waals surface area contributed by atoms with Crippen molar-refractivity contribution in [2.45, 2.75) is 51.2 Å². The van der Waals surface area contributed by atoms with E-state index >= 15 is 0 Å². The predicted octanol–water partition coefficient (Wildman–Crippen LogP) is 4.50. The van der Waals surface area contributed by atoms with Gasteiger partial charge in [0.05, 0.1) is 16.9 Å². The highest BCUT2D eigenvalue weighted by atomic mass is 35.5. The third-order valence-electron chi connectivity index (χ3n) is 7.13. The average Bonchev–Trinajstić information content (AvgIpc) is 2.87. The van der Waals surface area contributed by atoms with Gasteiger partial charge in [-0.25, -0.2) is 14.4 Å². The van der Waals surface area contributed by atoms with Gasteiger partial charge in [0.1, 0.15) is 11.6 Å². The van der Waals surface area contributed by atoms with Gasteiger partial charge in [0.15, 0.2) is 6.19 Å². The van der Waals surface area contributed by atoms with Gasteiger partial charge in [-0.3, -0.25) is 15.1 Å². The second-order valence-electron chi connectivity index (χ2n) is 9.60. The molecule has 2 aromatic rings. The van der Waals surface area contributed by atoms with E-state index < -0.39 is 0 Å². The lowest BCUT2D eigenvalue weighted by molar-refractivity contribution is 0.0587. The first-order chi connectivity index (χ1) is 17.9. The number of pyridine rings is 1. The molecule has 0 saturated carbocycles. The standard InChI is InChI=1S/C26H33Cl2FN8/c1-2-3-22-16-36(25-23(28)13-20(14-32-25)34-26(31)33-17-30)10-11-37(22)21-6-8-35(9-7-21)15-18-4-5-19(27)12-24(18)29/h4-5,12-14,21-22H,2-3,6-11,15-16H2,1H3,(H3,31,33,34)/t22-/m0/s1. The van der Waals surface area contributed by atoms with Crippen LogP contribution in [0.15, 0.2) is 35.5 Å². The van der Waals surface area contributed by atoms with Gasteiger partial charge in [-0.2, -0.15) is 5.26 Å². The topological polar surface area (TPSA) is 96.8 Å². The minimum atomic E-state index is -0.233. The number of anilines is 1. The molecule has 2 aliphatic heterocycles. The molecule has 198 valence electrons.